The number of carbonyl (C=O) groups is 2. The predicted molar refractivity (Wildman–Crippen MR) is 118 cm³/mol. The number of rotatable bonds is 9. The number of nitrogens with one attached hydrogen (secondary N) is 1. The lowest BCUT2D eigenvalue weighted by Crippen LogP contribution is -2.31. The van der Waals surface area contributed by atoms with E-state index in [-0.39, 0.29) is 31.0 Å². The van der Waals surface area contributed by atoms with Crippen LogP contribution in [0.25, 0.3) is 0 Å². The predicted octanol–water partition coefficient (Wildman–Crippen LogP) is 3.67. The van der Waals surface area contributed by atoms with Crippen LogP contribution in [0.1, 0.15) is 41.3 Å². The number of esters is 1. The molecule has 2 aromatic carbocycles. The maximum absolute atomic E-state index is 12.4. The molecule has 0 aliphatic heterocycles. The van der Waals surface area contributed by atoms with Gasteiger partial charge in [0.05, 0.1) is 29.8 Å². The minimum atomic E-state index is -3.49. The quantitative estimate of drug-likeness (QED) is 0.611. The molecule has 0 saturated carbocycles. The normalized spacial score (nSPS) is 11.1. The first kappa shape index (κ1) is 23.4. The molecule has 0 heterocycles. The molecule has 0 radical (unpaired) electrons. The maximum atomic E-state index is 12.4. The molecule has 0 saturated heterocycles. The van der Waals surface area contributed by atoms with Gasteiger partial charge in [-0.3, -0.25) is 9.10 Å². The van der Waals surface area contributed by atoms with E-state index in [9.17, 15) is 18.0 Å². The smallest absolute Gasteiger partial charge is 0.340 e. The number of hydrogen-bond acceptors (Lipinski definition) is 5. The number of sulfonamides is 1. The van der Waals surface area contributed by atoms with Crippen molar-refractivity contribution >= 4 is 33.3 Å². The lowest BCUT2D eigenvalue weighted by Gasteiger charge is -2.23. The lowest BCUT2D eigenvalue weighted by molar-refractivity contribution is -0.116. The number of para-hydroxylation sites is 1. The Kier molecular flexibility index (Phi) is 8.00. The van der Waals surface area contributed by atoms with E-state index in [1.54, 1.807) is 37.3 Å². The van der Waals surface area contributed by atoms with Gasteiger partial charge in [0, 0.05) is 13.0 Å². The van der Waals surface area contributed by atoms with Crippen molar-refractivity contribution in [2.24, 2.45) is 0 Å². The van der Waals surface area contributed by atoms with Gasteiger partial charge in [0.25, 0.3) is 0 Å². The summed E-state index contributed by atoms with van der Waals surface area (Å²) in [5.74, 6) is -0.813. The molecule has 1 amide bonds. The molecule has 1 N–H and O–H groups in total. The molecule has 0 atom stereocenters. The molecule has 0 aromatic heterocycles. The fraction of sp³-hybridized carbons (Fsp3) is 0.364. The summed E-state index contributed by atoms with van der Waals surface area (Å²) in [5.41, 5.74) is 3.30. The molecule has 0 unspecified atom stereocenters. The highest BCUT2D eigenvalue weighted by atomic mass is 32.2. The van der Waals surface area contributed by atoms with E-state index in [0.29, 0.717) is 17.8 Å². The van der Waals surface area contributed by atoms with Crippen LogP contribution < -0.4 is 9.62 Å². The van der Waals surface area contributed by atoms with Crippen molar-refractivity contribution in [3.63, 3.8) is 0 Å². The van der Waals surface area contributed by atoms with Crippen LogP contribution in [0.3, 0.4) is 0 Å². The molecule has 0 aliphatic rings. The van der Waals surface area contributed by atoms with Crippen LogP contribution in [-0.2, 0) is 19.6 Å². The Bertz CT molecular complexity index is 1020. The largest absolute Gasteiger partial charge is 0.462 e. The summed E-state index contributed by atoms with van der Waals surface area (Å²) < 4.78 is 30.8. The molecule has 162 valence electrons. The van der Waals surface area contributed by atoms with Gasteiger partial charge in [0.2, 0.25) is 15.9 Å². The fourth-order valence-electron chi connectivity index (χ4n) is 2.94. The summed E-state index contributed by atoms with van der Waals surface area (Å²) in [6, 6.07) is 12.1. The number of hydrogen-bond donors (Lipinski definition) is 1. The van der Waals surface area contributed by atoms with Gasteiger partial charge in [0.1, 0.15) is 0 Å². The van der Waals surface area contributed by atoms with Gasteiger partial charge in [-0.2, -0.15) is 0 Å². The highest BCUT2D eigenvalue weighted by molar-refractivity contribution is 7.92. The topological polar surface area (TPSA) is 92.8 Å². The van der Waals surface area contributed by atoms with Crippen molar-refractivity contribution in [2.75, 3.05) is 29.0 Å². The monoisotopic (exact) mass is 432 g/mol. The van der Waals surface area contributed by atoms with Crippen LogP contribution in [0.15, 0.2) is 42.5 Å². The number of amides is 1. The third kappa shape index (κ3) is 6.32. The molecule has 2 aromatic rings. The van der Waals surface area contributed by atoms with Gasteiger partial charge in [0.15, 0.2) is 0 Å². The van der Waals surface area contributed by atoms with Crippen molar-refractivity contribution in [3.8, 4) is 0 Å². The summed E-state index contributed by atoms with van der Waals surface area (Å²) in [7, 11) is -3.49. The molecular weight excluding hydrogens is 404 g/mol. The highest BCUT2D eigenvalue weighted by Gasteiger charge is 2.19. The van der Waals surface area contributed by atoms with E-state index in [2.05, 4.69) is 5.32 Å². The Morgan fingerprint density at radius 2 is 1.77 bits per heavy atom. The van der Waals surface area contributed by atoms with Crippen LogP contribution >= 0.6 is 0 Å². The Labute approximate surface area is 178 Å². The lowest BCUT2D eigenvalue weighted by atomic mass is 10.1. The molecular formula is C22H28N2O5S. The zero-order valence-corrected chi connectivity index (χ0v) is 18.6. The van der Waals surface area contributed by atoms with Gasteiger partial charge in [-0.1, -0.05) is 18.2 Å². The van der Waals surface area contributed by atoms with E-state index in [4.69, 9.17) is 4.74 Å². The summed E-state index contributed by atoms with van der Waals surface area (Å²) in [6.07, 6.45) is 1.58. The SMILES string of the molecule is CCOC(=O)c1ccccc1NC(=O)CCCN(c1ccc(C)c(C)c1)S(C)(=O)=O. The van der Waals surface area contributed by atoms with E-state index < -0.39 is 16.0 Å². The van der Waals surface area contributed by atoms with Crippen molar-refractivity contribution < 1.29 is 22.7 Å². The fourth-order valence-corrected chi connectivity index (χ4v) is 3.90. The maximum Gasteiger partial charge on any atom is 0.340 e. The third-order valence-corrected chi connectivity index (χ3v) is 5.83. The highest BCUT2D eigenvalue weighted by Crippen LogP contribution is 2.22. The Morgan fingerprint density at radius 3 is 2.40 bits per heavy atom. The molecule has 0 aliphatic carbocycles. The number of aryl methyl sites for hydroxylation is 2. The van der Waals surface area contributed by atoms with Gasteiger partial charge >= 0.3 is 5.97 Å². The van der Waals surface area contributed by atoms with E-state index in [0.717, 1.165) is 17.4 Å². The minimum absolute atomic E-state index is 0.105. The molecule has 7 nitrogen and oxygen atoms in total. The van der Waals surface area contributed by atoms with Gasteiger partial charge in [-0.15, -0.1) is 0 Å². The molecule has 0 spiro atoms. The molecule has 2 rings (SSSR count). The Balaban J connectivity index is 2.03. The van der Waals surface area contributed by atoms with Crippen molar-refractivity contribution in [1.82, 2.24) is 0 Å². The number of nitrogens with zero attached hydrogens (tertiary/aromatic N) is 1. The second kappa shape index (κ2) is 10.2. The molecule has 8 heteroatoms. The van der Waals surface area contributed by atoms with Crippen molar-refractivity contribution in [2.45, 2.75) is 33.6 Å². The number of carbonyl (C=O) groups excluding carboxylic acids is 2. The van der Waals surface area contributed by atoms with Crippen LogP contribution in [0.2, 0.25) is 0 Å². The first-order valence-corrected chi connectivity index (χ1v) is 11.6. The molecule has 30 heavy (non-hydrogen) atoms. The first-order chi connectivity index (χ1) is 14.1. The second-order valence-corrected chi connectivity index (χ2v) is 8.93. The third-order valence-electron chi connectivity index (χ3n) is 4.64. The number of benzene rings is 2. The minimum Gasteiger partial charge on any atom is -0.462 e. The number of anilines is 2. The molecule has 0 bridgehead atoms. The number of ether oxygens (including phenoxy) is 1. The Hall–Kier alpha value is -2.87. The summed E-state index contributed by atoms with van der Waals surface area (Å²) >= 11 is 0. The van der Waals surface area contributed by atoms with E-state index in [1.807, 2.05) is 26.0 Å². The van der Waals surface area contributed by atoms with Crippen molar-refractivity contribution in [1.29, 1.82) is 0 Å². The summed E-state index contributed by atoms with van der Waals surface area (Å²) in [6.45, 7) is 6.01. The van der Waals surface area contributed by atoms with Crippen LogP contribution in [-0.4, -0.2) is 39.7 Å². The van der Waals surface area contributed by atoms with E-state index >= 15 is 0 Å². The molecule has 0 fully saturated rings. The van der Waals surface area contributed by atoms with Crippen LogP contribution in [0.5, 0.6) is 0 Å². The summed E-state index contributed by atoms with van der Waals surface area (Å²) in [5, 5.41) is 2.71. The average Bonchev–Trinajstić information content (AvgIpc) is 2.67. The Morgan fingerprint density at radius 1 is 1.07 bits per heavy atom. The van der Waals surface area contributed by atoms with Gasteiger partial charge < -0.3 is 10.1 Å². The second-order valence-electron chi connectivity index (χ2n) is 7.02. The van der Waals surface area contributed by atoms with Crippen LogP contribution in [0.4, 0.5) is 11.4 Å². The first-order valence-electron chi connectivity index (χ1n) is 9.74. The standard InChI is InChI=1S/C22H28N2O5S/c1-5-29-22(26)19-9-6-7-10-20(19)23-21(25)11-8-14-24(30(4,27)28)18-13-12-16(2)17(3)15-18/h6-7,9-10,12-13,15H,5,8,11,14H2,1-4H3,(H,23,25). The zero-order valence-electron chi connectivity index (χ0n) is 17.8. The zero-order chi connectivity index (χ0) is 22.3. The van der Waals surface area contributed by atoms with Crippen LogP contribution in [0, 0.1) is 13.8 Å². The van der Waals surface area contributed by atoms with Gasteiger partial charge in [-0.25, -0.2) is 13.2 Å². The van der Waals surface area contributed by atoms with E-state index in [1.165, 1.54) is 4.31 Å². The average molecular weight is 433 g/mol. The van der Waals surface area contributed by atoms with Gasteiger partial charge in [-0.05, 0) is 62.6 Å². The summed E-state index contributed by atoms with van der Waals surface area (Å²) in [4.78, 5) is 24.4. The van der Waals surface area contributed by atoms with Crippen molar-refractivity contribution in [3.05, 3.63) is 59.2 Å².